The van der Waals surface area contributed by atoms with Crippen molar-refractivity contribution in [1.82, 2.24) is 29.9 Å². The van der Waals surface area contributed by atoms with Gasteiger partial charge in [-0.25, -0.2) is 29.9 Å². The number of rotatable bonds is 8. The molecule has 0 atom stereocenters. The van der Waals surface area contributed by atoms with Crippen molar-refractivity contribution >= 4 is 50.9 Å². The van der Waals surface area contributed by atoms with Gasteiger partial charge in [0.2, 0.25) is 0 Å². The van der Waals surface area contributed by atoms with Crippen LogP contribution in [0.25, 0.3) is 21.8 Å². The van der Waals surface area contributed by atoms with Gasteiger partial charge in [-0.1, -0.05) is 36.4 Å². The van der Waals surface area contributed by atoms with Crippen LogP contribution in [0.1, 0.15) is 25.7 Å². The summed E-state index contributed by atoms with van der Waals surface area (Å²) in [4.78, 5) is 47.4. The molecule has 4 fully saturated rings. The molecule has 0 radical (unpaired) electrons. The molecule has 2 aromatic carbocycles. The number of benzene rings is 2. The first-order chi connectivity index (χ1) is 27.5. The summed E-state index contributed by atoms with van der Waals surface area (Å²) in [5.74, 6) is 4.88. The van der Waals surface area contributed by atoms with Crippen LogP contribution in [0.2, 0.25) is 0 Å². The third-order valence-electron chi connectivity index (χ3n) is 10.7. The minimum absolute atomic E-state index is 0.0511. The Balaban J connectivity index is 0.000000146. The van der Waals surface area contributed by atoms with Gasteiger partial charge in [0.05, 0.1) is 43.3 Å². The molecule has 286 valence electrons. The van der Waals surface area contributed by atoms with Gasteiger partial charge >= 0.3 is 0 Å². The van der Waals surface area contributed by atoms with E-state index < -0.39 is 0 Å². The molecule has 14 nitrogen and oxygen atoms in total. The fourth-order valence-corrected chi connectivity index (χ4v) is 7.46. The van der Waals surface area contributed by atoms with Crippen LogP contribution in [0.15, 0.2) is 97.6 Å². The van der Waals surface area contributed by atoms with Gasteiger partial charge in [0.15, 0.2) is 11.6 Å². The Kier molecular flexibility index (Phi) is 10.1. The summed E-state index contributed by atoms with van der Waals surface area (Å²) in [5, 5.41) is 12.0. The third-order valence-corrected chi connectivity index (χ3v) is 10.7. The average Bonchev–Trinajstić information content (AvgIpc) is 3.21. The zero-order valence-corrected chi connectivity index (χ0v) is 31.1. The number of hydrogen-bond donors (Lipinski definition) is 1. The standard InChI is InChI=1S/C21H23N5O2.C21H21N5O2/c2*27-16-7-11-25(12-8-16)20-21(23-10-9-22-20)28-17-13-26(14-17)19-6-5-15-3-1-2-4-18(15)24-19/h1-6,9-10,16-17,27H,7-8,11-14H2;1-6,9-10,17H,7-8,11-14H2. The van der Waals surface area contributed by atoms with Gasteiger partial charge in [-0.2, -0.15) is 0 Å². The highest BCUT2D eigenvalue weighted by Crippen LogP contribution is 2.31. The summed E-state index contributed by atoms with van der Waals surface area (Å²) >= 11 is 0. The van der Waals surface area contributed by atoms with Gasteiger partial charge in [-0.05, 0) is 49.2 Å². The van der Waals surface area contributed by atoms with Gasteiger partial charge in [-0.15, -0.1) is 0 Å². The lowest BCUT2D eigenvalue weighted by atomic mass is 10.1. The predicted octanol–water partition coefficient (Wildman–Crippen LogP) is 4.72. The minimum Gasteiger partial charge on any atom is -0.468 e. The lowest BCUT2D eigenvalue weighted by Gasteiger charge is -2.40. The Bertz CT molecular complexity index is 2300. The maximum atomic E-state index is 11.5. The molecule has 1 N–H and O–H groups in total. The van der Waals surface area contributed by atoms with Crippen LogP contribution in [0.5, 0.6) is 11.8 Å². The number of anilines is 4. The second-order valence-corrected chi connectivity index (χ2v) is 14.6. The fraction of sp³-hybridized carbons (Fsp3) is 0.357. The first-order valence-corrected chi connectivity index (χ1v) is 19.4. The molecule has 0 spiro atoms. The molecule has 4 aromatic heterocycles. The molecule has 8 heterocycles. The van der Waals surface area contributed by atoms with Crippen LogP contribution in [0.3, 0.4) is 0 Å². The van der Waals surface area contributed by atoms with E-state index in [1.165, 1.54) is 0 Å². The van der Waals surface area contributed by atoms with E-state index in [0.29, 0.717) is 43.5 Å². The lowest BCUT2D eigenvalue weighted by molar-refractivity contribution is -0.119. The molecule has 10 rings (SSSR count). The zero-order valence-electron chi connectivity index (χ0n) is 31.1. The molecule has 4 aliphatic rings. The number of carbonyl (C=O) groups is 1. The van der Waals surface area contributed by atoms with Gasteiger partial charge < -0.3 is 34.2 Å². The minimum atomic E-state index is -0.216. The maximum absolute atomic E-state index is 11.5. The van der Waals surface area contributed by atoms with Crippen LogP contribution in [0.4, 0.5) is 23.3 Å². The van der Waals surface area contributed by atoms with Crippen LogP contribution in [0, 0.1) is 0 Å². The van der Waals surface area contributed by atoms with Crippen LogP contribution < -0.4 is 29.1 Å². The quantitative estimate of drug-likeness (QED) is 0.229. The van der Waals surface area contributed by atoms with Crippen LogP contribution in [-0.4, -0.2) is 111 Å². The summed E-state index contributed by atoms with van der Waals surface area (Å²) in [7, 11) is 0. The summed E-state index contributed by atoms with van der Waals surface area (Å²) in [6.07, 6.45) is 9.20. The molecule has 0 bridgehead atoms. The summed E-state index contributed by atoms with van der Waals surface area (Å²) in [6, 6.07) is 24.6. The Morgan fingerprint density at radius 2 is 0.982 bits per heavy atom. The molecule has 0 saturated carbocycles. The maximum Gasteiger partial charge on any atom is 0.258 e. The highest BCUT2D eigenvalue weighted by Gasteiger charge is 2.33. The van der Waals surface area contributed by atoms with Gasteiger partial charge in [0, 0.05) is 74.6 Å². The largest absolute Gasteiger partial charge is 0.468 e. The monoisotopic (exact) mass is 752 g/mol. The first-order valence-electron chi connectivity index (χ1n) is 19.4. The van der Waals surface area contributed by atoms with E-state index >= 15 is 0 Å². The van der Waals surface area contributed by atoms with Crippen molar-refractivity contribution in [3.8, 4) is 11.8 Å². The molecule has 6 aromatic rings. The van der Waals surface area contributed by atoms with Crippen molar-refractivity contribution in [3.63, 3.8) is 0 Å². The number of aliphatic hydroxyl groups is 1. The van der Waals surface area contributed by atoms with Gasteiger partial charge in [0.25, 0.3) is 11.8 Å². The predicted molar refractivity (Wildman–Crippen MR) is 215 cm³/mol. The molecule has 56 heavy (non-hydrogen) atoms. The molecule has 4 aliphatic heterocycles. The van der Waals surface area contributed by atoms with E-state index in [2.05, 4.69) is 75.9 Å². The second-order valence-electron chi connectivity index (χ2n) is 14.6. The number of ether oxygens (including phenoxy) is 2. The summed E-state index contributed by atoms with van der Waals surface area (Å²) in [6.45, 7) is 5.97. The van der Waals surface area contributed by atoms with Crippen molar-refractivity contribution < 1.29 is 19.4 Å². The van der Waals surface area contributed by atoms with Gasteiger partial charge in [0.1, 0.15) is 29.6 Å². The van der Waals surface area contributed by atoms with Crippen molar-refractivity contribution in [2.24, 2.45) is 0 Å². The zero-order chi connectivity index (χ0) is 37.8. The number of ketones is 1. The van der Waals surface area contributed by atoms with E-state index in [1.807, 2.05) is 36.4 Å². The van der Waals surface area contributed by atoms with E-state index in [9.17, 15) is 9.90 Å². The number of pyridine rings is 2. The fourth-order valence-electron chi connectivity index (χ4n) is 7.46. The van der Waals surface area contributed by atoms with Crippen molar-refractivity contribution in [1.29, 1.82) is 0 Å². The number of nitrogens with zero attached hydrogens (tertiary/aromatic N) is 10. The number of piperidine rings is 2. The van der Waals surface area contributed by atoms with Crippen LogP contribution >= 0.6 is 0 Å². The lowest BCUT2D eigenvalue weighted by Crippen LogP contribution is -2.54. The van der Waals surface area contributed by atoms with Crippen molar-refractivity contribution in [3.05, 3.63) is 97.6 Å². The molecular weight excluding hydrogens is 709 g/mol. The van der Waals surface area contributed by atoms with E-state index in [0.717, 1.165) is 97.2 Å². The average molecular weight is 753 g/mol. The van der Waals surface area contributed by atoms with Crippen molar-refractivity contribution in [2.75, 3.05) is 72.0 Å². The number of carbonyl (C=O) groups excluding carboxylic acids is 1. The molecule has 0 unspecified atom stereocenters. The first kappa shape index (κ1) is 35.5. The summed E-state index contributed by atoms with van der Waals surface area (Å²) < 4.78 is 12.3. The third kappa shape index (κ3) is 7.83. The highest BCUT2D eigenvalue weighted by atomic mass is 16.5. The molecule has 14 heteroatoms. The smallest absolute Gasteiger partial charge is 0.258 e. The topological polar surface area (TPSA) is 146 Å². The number of fused-ring (bicyclic) bond motifs is 2. The number of aliphatic hydroxyl groups excluding tert-OH is 1. The Hall–Kier alpha value is -6.15. The Labute approximate surface area is 324 Å². The number of para-hydroxylation sites is 2. The van der Waals surface area contributed by atoms with E-state index in [-0.39, 0.29) is 18.3 Å². The molecule has 0 amide bonds. The Morgan fingerprint density at radius 3 is 1.48 bits per heavy atom. The highest BCUT2D eigenvalue weighted by molar-refractivity contribution is 5.82. The molecular formula is C42H44N10O4. The number of aromatic nitrogens is 6. The van der Waals surface area contributed by atoms with E-state index in [1.54, 1.807) is 24.8 Å². The SMILES string of the molecule is O=C1CCN(c2nccnc2OC2CN(c3ccc4ccccc4n3)C2)CC1.OC1CCN(c2nccnc2OC2CN(c3ccc4ccccc4n3)C2)CC1. The number of Topliss-reactive ketones (excluding diaryl/α,β-unsaturated/α-hetero) is 1. The van der Waals surface area contributed by atoms with Gasteiger partial charge in [-0.3, -0.25) is 4.79 Å². The molecule has 4 saturated heterocycles. The van der Waals surface area contributed by atoms with Crippen LogP contribution in [-0.2, 0) is 4.79 Å². The summed E-state index contributed by atoms with van der Waals surface area (Å²) in [5.41, 5.74) is 2.01. The normalized spacial score (nSPS) is 18.0. The van der Waals surface area contributed by atoms with E-state index in [4.69, 9.17) is 19.4 Å². The Morgan fingerprint density at radius 1 is 0.536 bits per heavy atom. The number of hydrogen-bond acceptors (Lipinski definition) is 14. The second kappa shape index (κ2) is 15.9. The van der Waals surface area contributed by atoms with Crippen molar-refractivity contribution in [2.45, 2.75) is 44.0 Å². The molecule has 0 aliphatic carbocycles.